The predicted octanol–water partition coefficient (Wildman–Crippen LogP) is 6.13. The molecular weight excluding hydrogens is 438 g/mol. The molecule has 0 radical (unpaired) electrons. The van der Waals surface area contributed by atoms with E-state index < -0.39 is 0 Å². The zero-order valence-electron chi connectivity index (χ0n) is 18.9. The molecule has 0 aliphatic heterocycles. The van der Waals surface area contributed by atoms with Gasteiger partial charge in [-0.1, -0.05) is 72.8 Å². The molecule has 0 saturated heterocycles. The van der Waals surface area contributed by atoms with E-state index in [-0.39, 0.29) is 11.7 Å². The lowest BCUT2D eigenvalue weighted by Gasteiger charge is -2.09. The van der Waals surface area contributed by atoms with Crippen LogP contribution >= 0.6 is 0 Å². The van der Waals surface area contributed by atoms with E-state index in [9.17, 15) is 9.59 Å². The Morgan fingerprint density at radius 2 is 1.60 bits per heavy atom. The maximum atomic E-state index is 13.0. The summed E-state index contributed by atoms with van der Waals surface area (Å²) in [6.07, 6.45) is 1.45. The van der Waals surface area contributed by atoms with Gasteiger partial charge >= 0.3 is 0 Å². The molecule has 2 heterocycles. The highest BCUT2D eigenvalue weighted by molar-refractivity contribution is 6.07. The van der Waals surface area contributed by atoms with Crippen LogP contribution < -0.4 is 5.43 Å². The summed E-state index contributed by atoms with van der Waals surface area (Å²) in [4.78, 5) is 29.2. The molecular formula is C29H21N3O3. The van der Waals surface area contributed by atoms with Crippen molar-refractivity contribution in [1.29, 1.82) is 0 Å². The summed E-state index contributed by atoms with van der Waals surface area (Å²) < 4.78 is 5.81. The van der Waals surface area contributed by atoms with Crippen LogP contribution in [0.4, 0.5) is 0 Å². The lowest BCUT2D eigenvalue weighted by Crippen LogP contribution is -2.18. The normalized spacial score (nSPS) is 11.1. The number of hydrogen-bond donors (Lipinski definition) is 1. The molecule has 0 unspecified atom stereocenters. The van der Waals surface area contributed by atoms with Crippen molar-refractivity contribution in [3.63, 3.8) is 0 Å². The number of furan rings is 1. The molecule has 2 aromatic heterocycles. The summed E-state index contributed by atoms with van der Waals surface area (Å²) >= 11 is 0. The Hall–Kier alpha value is -4.84. The van der Waals surface area contributed by atoms with Crippen molar-refractivity contribution >= 4 is 28.8 Å². The fourth-order valence-electron chi connectivity index (χ4n) is 3.78. The molecule has 5 rings (SSSR count). The van der Waals surface area contributed by atoms with Gasteiger partial charge in [0, 0.05) is 22.1 Å². The van der Waals surface area contributed by atoms with E-state index in [1.807, 2.05) is 72.8 Å². The molecule has 0 spiro atoms. The van der Waals surface area contributed by atoms with Crippen molar-refractivity contribution in [2.45, 2.75) is 6.92 Å². The molecule has 6 nitrogen and oxygen atoms in total. The van der Waals surface area contributed by atoms with Crippen molar-refractivity contribution in [1.82, 2.24) is 10.4 Å². The standard InChI is InChI=1S/C29H21N3O3/c1-19(33)20-11-13-22(14-12-20)28-16-15-23(35-28)18-30-32-29(34)25-17-27(21-7-3-2-4-8-21)31-26-10-6-5-9-24(25)26/h2-18H,1H3,(H,32,34)/b30-18-. The summed E-state index contributed by atoms with van der Waals surface area (Å²) in [5, 5.41) is 4.83. The fraction of sp³-hybridized carbons (Fsp3) is 0.0345. The molecule has 0 bridgehead atoms. The number of carbonyl (C=O) groups excluding carboxylic acids is 2. The van der Waals surface area contributed by atoms with Gasteiger partial charge in [0.2, 0.25) is 0 Å². The highest BCUT2D eigenvalue weighted by Crippen LogP contribution is 2.25. The first-order valence-electron chi connectivity index (χ1n) is 11.1. The fourth-order valence-corrected chi connectivity index (χ4v) is 3.78. The minimum absolute atomic E-state index is 0.0115. The monoisotopic (exact) mass is 459 g/mol. The van der Waals surface area contributed by atoms with Crippen LogP contribution in [0.25, 0.3) is 33.5 Å². The average Bonchev–Trinajstić information content (AvgIpc) is 3.37. The third-order valence-corrected chi connectivity index (χ3v) is 5.59. The number of para-hydroxylation sites is 1. The van der Waals surface area contributed by atoms with E-state index in [2.05, 4.69) is 10.5 Å². The third-order valence-electron chi connectivity index (χ3n) is 5.59. The molecule has 6 heteroatoms. The van der Waals surface area contributed by atoms with E-state index in [4.69, 9.17) is 9.40 Å². The highest BCUT2D eigenvalue weighted by atomic mass is 16.3. The molecule has 5 aromatic rings. The van der Waals surface area contributed by atoms with Crippen LogP contribution in [0.1, 0.15) is 33.4 Å². The van der Waals surface area contributed by atoms with Crippen molar-refractivity contribution < 1.29 is 14.0 Å². The number of pyridine rings is 1. The van der Waals surface area contributed by atoms with Gasteiger partial charge < -0.3 is 4.42 Å². The number of hydrogen-bond acceptors (Lipinski definition) is 5. The lowest BCUT2D eigenvalue weighted by atomic mass is 10.0. The van der Waals surface area contributed by atoms with Crippen LogP contribution in [0.2, 0.25) is 0 Å². The largest absolute Gasteiger partial charge is 0.455 e. The van der Waals surface area contributed by atoms with Gasteiger partial charge in [0.15, 0.2) is 5.78 Å². The Labute approximate surface area is 201 Å². The maximum Gasteiger partial charge on any atom is 0.272 e. The minimum Gasteiger partial charge on any atom is -0.455 e. The van der Waals surface area contributed by atoms with Gasteiger partial charge in [-0.05, 0) is 31.2 Å². The topological polar surface area (TPSA) is 84.6 Å². The van der Waals surface area contributed by atoms with Crippen molar-refractivity contribution in [2.24, 2.45) is 5.10 Å². The second-order valence-electron chi connectivity index (χ2n) is 7.97. The summed E-state index contributed by atoms with van der Waals surface area (Å²) in [7, 11) is 0. The van der Waals surface area contributed by atoms with Gasteiger partial charge in [-0.25, -0.2) is 10.4 Å². The highest BCUT2D eigenvalue weighted by Gasteiger charge is 2.13. The third kappa shape index (κ3) is 4.77. The Bertz CT molecular complexity index is 1550. The minimum atomic E-state index is -0.344. The SMILES string of the molecule is CC(=O)c1ccc(-c2ccc(/C=N\NC(=O)c3cc(-c4ccccc4)nc4ccccc34)o2)cc1. The van der Waals surface area contributed by atoms with Crippen LogP contribution in [0.5, 0.6) is 0 Å². The summed E-state index contributed by atoms with van der Waals surface area (Å²) in [6.45, 7) is 1.53. The molecule has 0 saturated carbocycles. The van der Waals surface area contributed by atoms with E-state index in [0.717, 1.165) is 22.0 Å². The van der Waals surface area contributed by atoms with Crippen LogP contribution in [0.3, 0.4) is 0 Å². The van der Waals surface area contributed by atoms with E-state index in [1.165, 1.54) is 13.1 Å². The first kappa shape index (κ1) is 22.0. The van der Waals surface area contributed by atoms with Crippen molar-refractivity contribution in [3.05, 3.63) is 114 Å². The summed E-state index contributed by atoms with van der Waals surface area (Å²) in [6, 6.07) is 29.8. The maximum absolute atomic E-state index is 13.0. The van der Waals surface area contributed by atoms with E-state index >= 15 is 0 Å². The van der Waals surface area contributed by atoms with Gasteiger partial charge in [0.25, 0.3) is 5.91 Å². The Balaban J connectivity index is 1.36. The second kappa shape index (κ2) is 9.57. The Morgan fingerprint density at radius 1 is 0.857 bits per heavy atom. The van der Waals surface area contributed by atoms with Crippen LogP contribution in [-0.4, -0.2) is 22.9 Å². The molecule has 0 fully saturated rings. The van der Waals surface area contributed by atoms with Gasteiger partial charge in [0.1, 0.15) is 11.5 Å². The van der Waals surface area contributed by atoms with Gasteiger partial charge in [-0.2, -0.15) is 5.10 Å². The molecule has 35 heavy (non-hydrogen) atoms. The zero-order chi connectivity index (χ0) is 24.2. The first-order valence-corrected chi connectivity index (χ1v) is 11.1. The number of benzene rings is 3. The molecule has 0 atom stereocenters. The quantitative estimate of drug-likeness (QED) is 0.188. The molecule has 0 aliphatic carbocycles. The lowest BCUT2D eigenvalue weighted by molar-refractivity contribution is 0.0955. The Kier molecular flexibility index (Phi) is 6.01. The van der Waals surface area contributed by atoms with Gasteiger partial charge in [0.05, 0.1) is 23.0 Å². The number of nitrogens with one attached hydrogen (secondary N) is 1. The first-order chi connectivity index (χ1) is 17.1. The summed E-state index contributed by atoms with van der Waals surface area (Å²) in [5.74, 6) is 0.794. The number of nitrogens with zero attached hydrogens (tertiary/aromatic N) is 2. The molecule has 3 aromatic carbocycles. The zero-order valence-corrected chi connectivity index (χ0v) is 18.9. The number of hydrazone groups is 1. The van der Waals surface area contributed by atoms with E-state index in [0.29, 0.717) is 28.3 Å². The second-order valence-corrected chi connectivity index (χ2v) is 7.97. The Morgan fingerprint density at radius 3 is 2.37 bits per heavy atom. The smallest absolute Gasteiger partial charge is 0.272 e. The molecule has 0 aliphatic rings. The molecule has 1 N–H and O–H groups in total. The van der Waals surface area contributed by atoms with Crippen molar-refractivity contribution in [2.75, 3.05) is 0 Å². The van der Waals surface area contributed by atoms with Crippen LogP contribution in [-0.2, 0) is 0 Å². The van der Waals surface area contributed by atoms with Gasteiger partial charge in [-0.3, -0.25) is 9.59 Å². The number of carbonyl (C=O) groups is 2. The predicted molar refractivity (Wildman–Crippen MR) is 136 cm³/mol. The summed E-state index contributed by atoms with van der Waals surface area (Å²) in [5.41, 5.74) is 6.93. The number of fused-ring (bicyclic) bond motifs is 1. The van der Waals surface area contributed by atoms with Crippen LogP contribution in [0.15, 0.2) is 107 Å². The van der Waals surface area contributed by atoms with Crippen LogP contribution in [0, 0.1) is 0 Å². The number of Topliss-reactive ketones (excluding diaryl/α,β-unsaturated/α-hetero) is 1. The number of aromatic nitrogens is 1. The number of rotatable bonds is 6. The van der Waals surface area contributed by atoms with Crippen molar-refractivity contribution in [3.8, 4) is 22.6 Å². The van der Waals surface area contributed by atoms with E-state index in [1.54, 1.807) is 24.3 Å². The number of ketones is 1. The van der Waals surface area contributed by atoms with Gasteiger partial charge in [-0.15, -0.1) is 0 Å². The molecule has 170 valence electrons. The number of amides is 1. The average molecular weight is 460 g/mol. The molecule has 1 amide bonds.